The van der Waals surface area contributed by atoms with Crippen molar-refractivity contribution in [1.82, 2.24) is 15.1 Å². The molecule has 1 heterocycles. The van der Waals surface area contributed by atoms with E-state index in [1.165, 1.54) is 0 Å². The molecule has 0 bridgehead atoms. The van der Waals surface area contributed by atoms with Gasteiger partial charge in [0.25, 0.3) is 0 Å². The van der Waals surface area contributed by atoms with E-state index < -0.39 is 0 Å². The Hall–Kier alpha value is -1.75. The van der Waals surface area contributed by atoms with Gasteiger partial charge in [-0.3, -0.25) is 4.79 Å². The van der Waals surface area contributed by atoms with E-state index in [-0.39, 0.29) is 23.9 Å². The molecule has 1 saturated carbocycles. The van der Waals surface area contributed by atoms with Crippen LogP contribution in [0.15, 0.2) is 24.3 Å². The molecular formula is C18H24ClN3O2. The van der Waals surface area contributed by atoms with Gasteiger partial charge in [0.2, 0.25) is 5.91 Å². The van der Waals surface area contributed by atoms with Crippen LogP contribution < -0.4 is 5.32 Å². The fourth-order valence-corrected chi connectivity index (χ4v) is 3.32. The number of hydrogen-bond donors (Lipinski definition) is 1. The SMILES string of the molecule is CN(Cc1ccccc1Cl)C(=O)N[C@H]1CCCN(C(=O)C2CC2)C1. The number of hydrogen-bond acceptors (Lipinski definition) is 2. The number of piperidine rings is 1. The Morgan fingerprint density at radius 2 is 2.04 bits per heavy atom. The summed E-state index contributed by atoms with van der Waals surface area (Å²) in [6.45, 7) is 1.90. The molecule has 130 valence electrons. The zero-order valence-corrected chi connectivity index (χ0v) is 14.8. The van der Waals surface area contributed by atoms with Gasteiger partial charge in [-0.1, -0.05) is 29.8 Å². The fourth-order valence-electron chi connectivity index (χ4n) is 3.12. The van der Waals surface area contributed by atoms with Crippen molar-refractivity contribution in [3.05, 3.63) is 34.9 Å². The Labute approximate surface area is 147 Å². The lowest BCUT2D eigenvalue weighted by Crippen LogP contribution is -2.52. The van der Waals surface area contributed by atoms with Gasteiger partial charge in [0.1, 0.15) is 0 Å². The van der Waals surface area contributed by atoms with Gasteiger partial charge in [0.05, 0.1) is 0 Å². The van der Waals surface area contributed by atoms with Crippen molar-refractivity contribution in [2.24, 2.45) is 5.92 Å². The minimum atomic E-state index is -0.124. The number of rotatable bonds is 4. The summed E-state index contributed by atoms with van der Waals surface area (Å²) < 4.78 is 0. The highest BCUT2D eigenvalue weighted by Gasteiger charge is 2.35. The van der Waals surface area contributed by atoms with E-state index in [1.807, 2.05) is 29.2 Å². The first-order chi connectivity index (χ1) is 11.5. The van der Waals surface area contributed by atoms with E-state index in [9.17, 15) is 9.59 Å². The van der Waals surface area contributed by atoms with Crippen LogP contribution in [-0.2, 0) is 11.3 Å². The Kier molecular flexibility index (Phi) is 5.29. The molecule has 5 nitrogen and oxygen atoms in total. The predicted molar refractivity (Wildman–Crippen MR) is 93.8 cm³/mol. The first-order valence-corrected chi connectivity index (χ1v) is 8.96. The molecule has 0 aromatic heterocycles. The van der Waals surface area contributed by atoms with E-state index in [0.29, 0.717) is 18.1 Å². The standard InChI is InChI=1S/C18H24ClN3O2/c1-21(11-14-5-2-3-7-16(14)19)18(24)20-15-6-4-10-22(12-15)17(23)13-8-9-13/h2-3,5,7,13,15H,4,6,8-12H2,1H3,(H,20,24)/t15-/m0/s1. The van der Waals surface area contributed by atoms with Crippen LogP contribution in [-0.4, -0.2) is 47.9 Å². The molecule has 1 aliphatic heterocycles. The third-order valence-corrected chi connectivity index (χ3v) is 5.07. The Morgan fingerprint density at radius 1 is 1.29 bits per heavy atom. The van der Waals surface area contributed by atoms with E-state index in [0.717, 1.165) is 37.8 Å². The van der Waals surface area contributed by atoms with Gasteiger partial charge in [-0.15, -0.1) is 0 Å². The average molecular weight is 350 g/mol. The summed E-state index contributed by atoms with van der Waals surface area (Å²) in [7, 11) is 1.76. The second kappa shape index (κ2) is 7.43. The van der Waals surface area contributed by atoms with Crippen LogP contribution in [0.5, 0.6) is 0 Å². The molecule has 1 aromatic carbocycles. The maximum absolute atomic E-state index is 12.4. The van der Waals surface area contributed by atoms with Crippen molar-refractivity contribution in [3.63, 3.8) is 0 Å². The molecule has 0 spiro atoms. The minimum Gasteiger partial charge on any atom is -0.340 e. The number of carbonyl (C=O) groups is 2. The van der Waals surface area contributed by atoms with Crippen molar-refractivity contribution in [3.8, 4) is 0 Å². The summed E-state index contributed by atoms with van der Waals surface area (Å²) in [4.78, 5) is 28.2. The quantitative estimate of drug-likeness (QED) is 0.908. The maximum atomic E-state index is 12.4. The molecular weight excluding hydrogens is 326 g/mol. The largest absolute Gasteiger partial charge is 0.340 e. The Balaban J connectivity index is 1.51. The van der Waals surface area contributed by atoms with Gasteiger partial charge in [-0.05, 0) is 37.3 Å². The average Bonchev–Trinajstić information content (AvgIpc) is 3.41. The molecule has 2 aliphatic rings. The summed E-state index contributed by atoms with van der Waals surface area (Å²) in [5, 5.41) is 3.72. The monoisotopic (exact) mass is 349 g/mol. The van der Waals surface area contributed by atoms with Crippen molar-refractivity contribution in [2.45, 2.75) is 38.3 Å². The highest BCUT2D eigenvalue weighted by molar-refractivity contribution is 6.31. The minimum absolute atomic E-state index is 0.0302. The van der Waals surface area contributed by atoms with Crippen LogP contribution in [0.3, 0.4) is 0 Å². The van der Waals surface area contributed by atoms with Crippen LogP contribution in [0.4, 0.5) is 4.79 Å². The number of amides is 3. The summed E-state index contributed by atoms with van der Waals surface area (Å²) in [5.41, 5.74) is 0.922. The molecule has 1 aliphatic carbocycles. The van der Waals surface area contributed by atoms with Crippen LogP contribution >= 0.6 is 11.6 Å². The first kappa shape index (κ1) is 17.1. The zero-order valence-electron chi connectivity index (χ0n) is 14.0. The van der Waals surface area contributed by atoms with Crippen molar-refractivity contribution < 1.29 is 9.59 Å². The van der Waals surface area contributed by atoms with Gasteiger partial charge in [0.15, 0.2) is 0 Å². The van der Waals surface area contributed by atoms with E-state index in [4.69, 9.17) is 11.6 Å². The maximum Gasteiger partial charge on any atom is 0.317 e. The molecule has 6 heteroatoms. The highest BCUT2D eigenvalue weighted by Crippen LogP contribution is 2.31. The lowest BCUT2D eigenvalue weighted by molar-refractivity contribution is -0.133. The summed E-state index contributed by atoms with van der Waals surface area (Å²) in [6, 6.07) is 7.44. The third-order valence-electron chi connectivity index (χ3n) is 4.70. The molecule has 24 heavy (non-hydrogen) atoms. The van der Waals surface area contributed by atoms with Crippen molar-refractivity contribution in [2.75, 3.05) is 20.1 Å². The second-order valence-corrected chi connectivity index (χ2v) is 7.20. The lowest BCUT2D eigenvalue weighted by Gasteiger charge is -2.34. The zero-order chi connectivity index (χ0) is 17.1. The number of carbonyl (C=O) groups excluding carboxylic acids is 2. The number of halogens is 1. The van der Waals surface area contributed by atoms with Crippen molar-refractivity contribution >= 4 is 23.5 Å². The van der Waals surface area contributed by atoms with Crippen LogP contribution in [0.2, 0.25) is 5.02 Å². The summed E-state index contributed by atoms with van der Waals surface area (Å²) >= 11 is 6.15. The number of urea groups is 1. The first-order valence-electron chi connectivity index (χ1n) is 8.58. The number of nitrogens with zero attached hydrogens (tertiary/aromatic N) is 2. The molecule has 1 atom stereocenters. The Morgan fingerprint density at radius 3 is 2.75 bits per heavy atom. The number of nitrogens with one attached hydrogen (secondary N) is 1. The molecule has 1 N–H and O–H groups in total. The molecule has 0 radical (unpaired) electrons. The summed E-state index contributed by atoms with van der Waals surface area (Å²) in [6.07, 6.45) is 3.90. The van der Waals surface area contributed by atoms with Gasteiger partial charge < -0.3 is 15.1 Å². The fraction of sp³-hybridized carbons (Fsp3) is 0.556. The number of benzene rings is 1. The topological polar surface area (TPSA) is 52.7 Å². The molecule has 2 fully saturated rings. The second-order valence-electron chi connectivity index (χ2n) is 6.79. The highest BCUT2D eigenvalue weighted by atomic mass is 35.5. The predicted octanol–water partition coefficient (Wildman–Crippen LogP) is 2.88. The van der Waals surface area contributed by atoms with Gasteiger partial charge in [-0.25, -0.2) is 4.79 Å². The van der Waals surface area contributed by atoms with Gasteiger partial charge in [0, 0.05) is 43.7 Å². The smallest absolute Gasteiger partial charge is 0.317 e. The van der Waals surface area contributed by atoms with Crippen LogP contribution in [0, 0.1) is 5.92 Å². The van der Waals surface area contributed by atoms with E-state index in [1.54, 1.807) is 11.9 Å². The van der Waals surface area contributed by atoms with Gasteiger partial charge >= 0.3 is 6.03 Å². The van der Waals surface area contributed by atoms with Gasteiger partial charge in [-0.2, -0.15) is 0 Å². The molecule has 1 saturated heterocycles. The number of likely N-dealkylation sites (tertiary alicyclic amines) is 1. The molecule has 0 unspecified atom stereocenters. The molecule has 1 aromatic rings. The van der Waals surface area contributed by atoms with E-state index >= 15 is 0 Å². The third kappa shape index (κ3) is 4.20. The van der Waals surface area contributed by atoms with Crippen LogP contribution in [0.1, 0.15) is 31.2 Å². The summed E-state index contributed by atoms with van der Waals surface area (Å²) in [5.74, 6) is 0.501. The lowest BCUT2D eigenvalue weighted by atomic mass is 10.1. The Bertz CT molecular complexity index is 618. The van der Waals surface area contributed by atoms with Crippen LogP contribution in [0.25, 0.3) is 0 Å². The molecule has 3 amide bonds. The van der Waals surface area contributed by atoms with E-state index in [2.05, 4.69) is 5.32 Å². The normalized spacial score (nSPS) is 20.6. The van der Waals surface area contributed by atoms with Crippen molar-refractivity contribution in [1.29, 1.82) is 0 Å². The molecule has 3 rings (SSSR count).